The number of rotatable bonds is 1. The van der Waals surface area contributed by atoms with Gasteiger partial charge in [0.2, 0.25) is 0 Å². The van der Waals surface area contributed by atoms with Gasteiger partial charge in [0.25, 0.3) is 11.5 Å². The number of likely N-dealkylation sites (tertiary alicyclic amines) is 1. The Morgan fingerprint density at radius 1 is 1.05 bits per heavy atom. The molecule has 4 nitrogen and oxygen atoms in total. The van der Waals surface area contributed by atoms with Gasteiger partial charge in [0, 0.05) is 18.8 Å². The Hall–Kier alpha value is -1.58. The molecular weight excluding hydrogens is 240 g/mol. The molecule has 3 rings (SSSR count). The molecule has 19 heavy (non-hydrogen) atoms. The van der Waals surface area contributed by atoms with Gasteiger partial charge in [0.05, 0.1) is 0 Å². The Morgan fingerprint density at radius 2 is 1.79 bits per heavy atom. The van der Waals surface area contributed by atoms with Crippen LogP contribution in [-0.4, -0.2) is 28.9 Å². The number of hydrogen-bond donors (Lipinski definition) is 1. The molecule has 2 heterocycles. The van der Waals surface area contributed by atoms with Crippen LogP contribution < -0.4 is 5.56 Å². The molecule has 4 heteroatoms. The van der Waals surface area contributed by atoms with E-state index in [9.17, 15) is 9.59 Å². The number of amides is 1. The van der Waals surface area contributed by atoms with E-state index in [1.54, 1.807) is 4.90 Å². The SMILES string of the molecule is O=C(c1cc2c([nH]c1=O)CCCCC2)N1CCCC1. The van der Waals surface area contributed by atoms with Crippen molar-refractivity contribution in [2.45, 2.75) is 44.9 Å². The van der Waals surface area contributed by atoms with Crippen LogP contribution in [0.15, 0.2) is 10.9 Å². The van der Waals surface area contributed by atoms with Gasteiger partial charge < -0.3 is 9.88 Å². The average molecular weight is 260 g/mol. The monoisotopic (exact) mass is 260 g/mol. The molecule has 102 valence electrons. The molecule has 1 aromatic rings. The summed E-state index contributed by atoms with van der Waals surface area (Å²) in [5, 5.41) is 0. The van der Waals surface area contributed by atoms with Crippen molar-refractivity contribution in [3.05, 3.63) is 33.2 Å². The second-order valence-corrected chi connectivity index (χ2v) is 5.58. The molecule has 1 aliphatic heterocycles. The Kier molecular flexibility index (Phi) is 3.40. The van der Waals surface area contributed by atoms with E-state index in [4.69, 9.17) is 0 Å². The quantitative estimate of drug-likeness (QED) is 0.784. The molecule has 1 aromatic heterocycles. The van der Waals surface area contributed by atoms with Crippen LogP contribution in [0.2, 0.25) is 0 Å². The lowest BCUT2D eigenvalue weighted by Crippen LogP contribution is -2.33. The lowest BCUT2D eigenvalue weighted by atomic mass is 10.1. The van der Waals surface area contributed by atoms with Crippen LogP contribution in [0.4, 0.5) is 0 Å². The Labute approximate surface area is 112 Å². The molecule has 1 N–H and O–H groups in total. The minimum absolute atomic E-state index is 0.0919. The highest BCUT2D eigenvalue weighted by Gasteiger charge is 2.23. The number of nitrogens with one attached hydrogen (secondary N) is 1. The van der Waals surface area contributed by atoms with E-state index in [1.807, 2.05) is 6.07 Å². The molecule has 1 saturated heterocycles. The number of hydrogen-bond acceptors (Lipinski definition) is 2. The minimum Gasteiger partial charge on any atom is -0.338 e. The van der Waals surface area contributed by atoms with Crippen molar-refractivity contribution in [1.29, 1.82) is 0 Å². The molecule has 0 atom stereocenters. The number of pyridine rings is 1. The first-order valence-corrected chi connectivity index (χ1v) is 7.30. The summed E-state index contributed by atoms with van der Waals surface area (Å²) in [6, 6.07) is 1.85. The zero-order valence-electron chi connectivity index (χ0n) is 11.2. The molecular formula is C15H20N2O2. The summed E-state index contributed by atoms with van der Waals surface area (Å²) in [7, 11) is 0. The summed E-state index contributed by atoms with van der Waals surface area (Å²) >= 11 is 0. The molecule has 1 aliphatic carbocycles. The lowest BCUT2D eigenvalue weighted by molar-refractivity contribution is 0.0791. The Balaban J connectivity index is 1.95. The fraction of sp³-hybridized carbons (Fsp3) is 0.600. The summed E-state index contributed by atoms with van der Waals surface area (Å²) < 4.78 is 0. The van der Waals surface area contributed by atoms with E-state index in [1.165, 1.54) is 12.0 Å². The van der Waals surface area contributed by atoms with Crippen molar-refractivity contribution in [2.75, 3.05) is 13.1 Å². The summed E-state index contributed by atoms with van der Waals surface area (Å²) in [4.78, 5) is 29.2. The van der Waals surface area contributed by atoms with Crippen LogP contribution in [0.5, 0.6) is 0 Å². The maximum absolute atomic E-state index is 12.3. The summed E-state index contributed by atoms with van der Waals surface area (Å²) in [6.45, 7) is 1.57. The average Bonchev–Trinajstić information content (AvgIpc) is 2.84. The number of aromatic amines is 1. The van der Waals surface area contributed by atoms with Gasteiger partial charge in [-0.3, -0.25) is 9.59 Å². The molecule has 0 aromatic carbocycles. The van der Waals surface area contributed by atoms with Crippen LogP contribution in [0.1, 0.15) is 53.7 Å². The first-order chi connectivity index (χ1) is 9.25. The number of aryl methyl sites for hydroxylation is 2. The molecule has 0 saturated carbocycles. The molecule has 2 aliphatic rings. The van der Waals surface area contributed by atoms with E-state index in [0.717, 1.165) is 57.3 Å². The van der Waals surface area contributed by atoms with Gasteiger partial charge >= 0.3 is 0 Å². The standard InChI is InChI=1S/C15H20N2O2/c18-14-12(15(19)17-8-4-5-9-17)10-11-6-2-1-3-7-13(11)16-14/h10H,1-9H2,(H,16,18). The Bertz CT molecular complexity index is 542. The topological polar surface area (TPSA) is 53.2 Å². The third-order valence-corrected chi connectivity index (χ3v) is 4.21. The zero-order valence-corrected chi connectivity index (χ0v) is 11.2. The largest absolute Gasteiger partial charge is 0.338 e. The summed E-state index contributed by atoms with van der Waals surface area (Å²) in [5.41, 5.74) is 2.33. The van der Waals surface area contributed by atoms with Crippen LogP contribution >= 0.6 is 0 Å². The highest BCUT2D eigenvalue weighted by Crippen LogP contribution is 2.19. The predicted molar refractivity (Wildman–Crippen MR) is 73.5 cm³/mol. The molecule has 0 radical (unpaired) electrons. The second kappa shape index (κ2) is 5.19. The van der Waals surface area contributed by atoms with Crippen molar-refractivity contribution in [3.8, 4) is 0 Å². The van der Waals surface area contributed by atoms with Crippen LogP contribution in [0, 0.1) is 0 Å². The molecule has 0 bridgehead atoms. The molecule has 1 amide bonds. The van der Waals surface area contributed by atoms with Gasteiger partial charge in [-0.25, -0.2) is 0 Å². The van der Waals surface area contributed by atoms with Crippen LogP contribution in [0.3, 0.4) is 0 Å². The summed E-state index contributed by atoms with van der Waals surface area (Å²) in [5.74, 6) is -0.0919. The Morgan fingerprint density at radius 3 is 2.58 bits per heavy atom. The predicted octanol–water partition coefficient (Wildman–Crippen LogP) is 1.88. The van der Waals surface area contributed by atoms with Crippen molar-refractivity contribution < 1.29 is 4.79 Å². The minimum atomic E-state index is -0.211. The first-order valence-electron chi connectivity index (χ1n) is 7.30. The summed E-state index contributed by atoms with van der Waals surface area (Å²) in [6.07, 6.45) is 7.49. The van der Waals surface area contributed by atoms with Gasteiger partial charge in [-0.2, -0.15) is 0 Å². The lowest BCUT2D eigenvalue weighted by Gasteiger charge is -2.16. The van der Waals surface area contributed by atoms with Gasteiger partial charge in [0.15, 0.2) is 0 Å². The van der Waals surface area contributed by atoms with E-state index < -0.39 is 0 Å². The van der Waals surface area contributed by atoms with E-state index in [2.05, 4.69) is 4.98 Å². The zero-order chi connectivity index (χ0) is 13.2. The van der Waals surface area contributed by atoms with Crippen molar-refractivity contribution in [3.63, 3.8) is 0 Å². The van der Waals surface area contributed by atoms with Crippen molar-refractivity contribution in [1.82, 2.24) is 9.88 Å². The fourth-order valence-corrected chi connectivity index (χ4v) is 3.10. The number of carbonyl (C=O) groups is 1. The number of H-pyrrole nitrogens is 1. The highest BCUT2D eigenvalue weighted by atomic mass is 16.2. The maximum Gasteiger partial charge on any atom is 0.261 e. The van der Waals surface area contributed by atoms with Crippen LogP contribution in [0.25, 0.3) is 0 Å². The molecule has 0 unspecified atom stereocenters. The van der Waals surface area contributed by atoms with Gasteiger partial charge in [-0.05, 0) is 50.2 Å². The molecule has 1 fully saturated rings. The number of aromatic nitrogens is 1. The van der Waals surface area contributed by atoms with E-state index in [0.29, 0.717) is 5.56 Å². The maximum atomic E-state index is 12.3. The third kappa shape index (κ3) is 2.44. The van der Waals surface area contributed by atoms with E-state index in [-0.39, 0.29) is 11.5 Å². The van der Waals surface area contributed by atoms with Crippen molar-refractivity contribution in [2.24, 2.45) is 0 Å². The number of fused-ring (bicyclic) bond motifs is 1. The van der Waals surface area contributed by atoms with Gasteiger partial charge in [-0.15, -0.1) is 0 Å². The normalized spacial score (nSPS) is 19.1. The third-order valence-electron chi connectivity index (χ3n) is 4.21. The number of nitrogens with zero attached hydrogens (tertiary/aromatic N) is 1. The van der Waals surface area contributed by atoms with Crippen molar-refractivity contribution >= 4 is 5.91 Å². The fourth-order valence-electron chi connectivity index (χ4n) is 3.10. The van der Waals surface area contributed by atoms with Gasteiger partial charge in [-0.1, -0.05) is 6.42 Å². The van der Waals surface area contributed by atoms with Crippen LogP contribution in [-0.2, 0) is 12.8 Å². The molecule has 0 spiro atoms. The smallest absolute Gasteiger partial charge is 0.261 e. The van der Waals surface area contributed by atoms with E-state index >= 15 is 0 Å². The number of carbonyl (C=O) groups excluding carboxylic acids is 1. The van der Waals surface area contributed by atoms with Gasteiger partial charge in [0.1, 0.15) is 5.56 Å². The highest BCUT2D eigenvalue weighted by molar-refractivity contribution is 5.94. The second-order valence-electron chi connectivity index (χ2n) is 5.58. The first kappa shape index (κ1) is 12.5.